The molecule has 0 fully saturated rings. The Labute approximate surface area is 119 Å². The Balaban J connectivity index is 1.96. The van der Waals surface area contributed by atoms with Crippen molar-refractivity contribution in [3.63, 3.8) is 0 Å². The van der Waals surface area contributed by atoms with Crippen LogP contribution in [-0.4, -0.2) is 5.97 Å². The van der Waals surface area contributed by atoms with Crippen LogP contribution in [0.3, 0.4) is 0 Å². The lowest BCUT2D eigenvalue weighted by molar-refractivity contribution is -0.311. The van der Waals surface area contributed by atoms with Gasteiger partial charge in [0.05, 0.1) is 0 Å². The fraction of sp³-hybridized carbons (Fsp3) is 0.167. The Bertz CT molecular complexity index is 558. The molecule has 1 atom stereocenters. The maximum atomic E-state index is 11.2. The molecule has 2 nitrogen and oxygen atoms in total. The molecule has 0 amide bonds. The third-order valence-corrected chi connectivity index (χ3v) is 3.19. The molecule has 0 aromatic heterocycles. The number of carbonyl (C=O) groups excluding carboxylic acids is 1. The molecule has 2 rings (SSSR count). The Morgan fingerprint density at radius 1 is 1.00 bits per heavy atom. The lowest BCUT2D eigenvalue weighted by Crippen LogP contribution is -2.32. The molecule has 1 unspecified atom stereocenters. The summed E-state index contributed by atoms with van der Waals surface area (Å²) in [5, 5.41) is 11.2. The Hall–Kier alpha value is -2.35. The van der Waals surface area contributed by atoms with Crippen molar-refractivity contribution in [1.29, 1.82) is 0 Å². The van der Waals surface area contributed by atoms with Gasteiger partial charge in [0.25, 0.3) is 0 Å². The predicted molar refractivity (Wildman–Crippen MR) is 78.7 cm³/mol. The van der Waals surface area contributed by atoms with Crippen LogP contribution in [-0.2, 0) is 11.2 Å². The average molecular weight is 265 g/mol. The van der Waals surface area contributed by atoms with Crippen molar-refractivity contribution < 1.29 is 9.90 Å². The number of benzene rings is 2. The molecule has 0 aliphatic rings. The predicted octanol–water partition coefficient (Wildman–Crippen LogP) is 2.70. The van der Waals surface area contributed by atoms with Gasteiger partial charge in [-0.1, -0.05) is 72.8 Å². The summed E-state index contributed by atoms with van der Waals surface area (Å²) in [6.45, 7) is 0. The van der Waals surface area contributed by atoms with E-state index in [0.29, 0.717) is 12.8 Å². The van der Waals surface area contributed by atoms with Gasteiger partial charge in [-0.05, 0) is 24.0 Å². The van der Waals surface area contributed by atoms with E-state index in [1.54, 1.807) is 0 Å². The summed E-state index contributed by atoms with van der Waals surface area (Å²) in [6.07, 6.45) is 4.83. The fourth-order valence-corrected chi connectivity index (χ4v) is 2.09. The van der Waals surface area contributed by atoms with E-state index in [2.05, 4.69) is 0 Å². The van der Waals surface area contributed by atoms with Gasteiger partial charge in [-0.15, -0.1) is 0 Å². The number of hydrogen-bond donors (Lipinski definition) is 0. The zero-order chi connectivity index (χ0) is 14.2. The van der Waals surface area contributed by atoms with Crippen LogP contribution in [0, 0.1) is 5.92 Å². The second kappa shape index (κ2) is 7.29. The van der Waals surface area contributed by atoms with Crippen LogP contribution in [0.25, 0.3) is 6.08 Å². The average Bonchev–Trinajstić information content (AvgIpc) is 2.48. The van der Waals surface area contributed by atoms with Gasteiger partial charge in [0.1, 0.15) is 0 Å². The largest absolute Gasteiger partial charge is 0.550 e. The van der Waals surface area contributed by atoms with Crippen LogP contribution in [0.2, 0.25) is 0 Å². The lowest BCUT2D eigenvalue weighted by atomic mass is 9.96. The van der Waals surface area contributed by atoms with Crippen LogP contribution in [0.1, 0.15) is 17.5 Å². The normalized spacial score (nSPS) is 12.4. The summed E-state index contributed by atoms with van der Waals surface area (Å²) in [7, 11) is 0. The first-order valence-electron chi connectivity index (χ1n) is 6.72. The molecule has 0 N–H and O–H groups in total. The van der Waals surface area contributed by atoms with E-state index in [4.69, 9.17) is 0 Å². The van der Waals surface area contributed by atoms with Crippen LogP contribution in [0.5, 0.6) is 0 Å². The van der Waals surface area contributed by atoms with Gasteiger partial charge in [-0.2, -0.15) is 0 Å². The van der Waals surface area contributed by atoms with Gasteiger partial charge >= 0.3 is 0 Å². The highest BCUT2D eigenvalue weighted by Gasteiger charge is 2.09. The SMILES string of the molecule is O=C([O-])C(C/C=C/c1ccccc1)Cc1ccccc1. The van der Waals surface area contributed by atoms with E-state index in [-0.39, 0.29) is 0 Å². The first-order chi connectivity index (χ1) is 9.75. The molecular formula is C18H17O2-. The summed E-state index contributed by atoms with van der Waals surface area (Å²) in [5.74, 6) is -1.48. The van der Waals surface area contributed by atoms with E-state index in [1.807, 2.05) is 72.8 Å². The van der Waals surface area contributed by atoms with Crippen molar-refractivity contribution >= 4 is 12.0 Å². The third-order valence-electron chi connectivity index (χ3n) is 3.19. The molecule has 0 bridgehead atoms. The minimum atomic E-state index is -0.994. The van der Waals surface area contributed by atoms with Crippen LogP contribution in [0.15, 0.2) is 66.7 Å². The standard InChI is InChI=1S/C18H18O2/c19-18(20)17(14-16-10-5-2-6-11-16)13-7-12-15-8-3-1-4-9-15/h1-12,17H,13-14H2,(H,19,20)/p-1/b12-7+. The van der Waals surface area contributed by atoms with Gasteiger partial charge in [-0.25, -0.2) is 0 Å². The van der Waals surface area contributed by atoms with Gasteiger partial charge < -0.3 is 9.90 Å². The van der Waals surface area contributed by atoms with Crippen molar-refractivity contribution in [2.24, 2.45) is 5.92 Å². The second-order valence-corrected chi connectivity index (χ2v) is 4.75. The molecule has 0 spiro atoms. The Morgan fingerprint density at radius 3 is 2.20 bits per heavy atom. The zero-order valence-electron chi connectivity index (χ0n) is 11.2. The molecule has 0 heterocycles. The Morgan fingerprint density at radius 2 is 1.60 bits per heavy atom. The molecule has 102 valence electrons. The monoisotopic (exact) mass is 265 g/mol. The zero-order valence-corrected chi connectivity index (χ0v) is 11.2. The number of allylic oxidation sites excluding steroid dienone is 1. The maximum Gasteiger partial charge on any atom is 0.0451 e. The number of rotatable bonds is 6. The topological polar surface area (TPSA) is 40.1 Å². The van der Waals surface area contributed by atoms with Crippen molar-refractivity contribution in [2.45, 2.75) is 12.8 Å². The van der Waals surface area contributed by atoms with E-state index in [0.717, 1.165) is 11.1 Å². The second-order valence-electron chi connectivity index (χ2n) is 4.75. The molecule has 2 aromatic rings. The highest BCUT2D eigenvalue weighted by atomic mass is 16.4. The number of aliphatic carboxylic acids is 1. The van der Waals surface area contributed by atoms with Crippen LogP contribution in [0.4, 0.5) is 0 Å². The molecule has 0 saturated heterocycles. The quantitative estimate of drug-likeness (QED) is 0.805. The minimum absolute atomic E-state index is 0.478. The van der Waals surface area contributed by atoms with Gasteiger partial charge in [0.15, 0.2) is 0 Å². The number of hydrogen-bond acceptors (Lipinski definition) is 2. The van der Waals surface area contributed by atoms with Crippen LogP contribution >= 0.6 is 0 Å². The minimum Gasteiger partial charge on any atom is -0.550 e. The number of carboxylic acid groups (broad SMARTS) is 1. The maximum absolute atomic E-state index is 11.2. The molecule has 0 aliphatic carbocycles. The molecule has 0 aliphatic heterocycles. The summed E-state index contributed by atoms with van der Waals surface area (Å²) in [6, 6.07) is 19.5. The van der Waals surface area contributed by atoms with Crippen molar-refractivity contribution in [2.75, 3.05) is 0 Å². The number of carbonyl (C=O) groups is 1. The molecule has 20 heavy (non-hydrogen) atoms. The molecule has 2 aromatic carbocycles. The van der Waals surface area contributed by atoms with Crippen molar-refractivity contribution in [1.82, 2.24) is 0 Å². The summed E-state index contributed by atoms with van der Waals surface area (Å²) < 4.78 is 0. The summed E-state index contributed by atoms with van der Waals surface area (Å²) in [4.78, 5) is 11.2. The van der Waals surface area contributed by atoms with Crippen molar-refractivity contribution in [3.8, 4) is 0 Å². The van der Waals surface area contributed by atoms with Gasteiger partial charge in [0, 0.05) is 11.9 Å². The van der Waals surface area contributed by atoms with E-state index >= 15 is 0 Å². The summed E-state index contributed by atoms with van der Waals surface area (Å²) >= 11 is 0. The van der Waals surface area contributed by atoms with Crippen molar-refractivity contribution in [3.05, 3.63) is 77.9 Å². The third kappa shape index (κ3) is 4.39. The highest BCUT2D eigenvalue weighted by molar-refractivity contribution is 5.68. The van der Waals surface area contributed by atoms with E-state index in [9.17, 15) is 9.90 Å². The summed E-state index contributed by atoms with van der Waals surface area (Å²) in [5.41, 5.74) is 2.10. The molecule has 0 saturated carbocycles. The van der Waals surface area contributed by atoms with Crippen LogP contribution < -0.4 is 5.11 Å². The van der Waals surface area contributed by atoms with E-state index < -0.39 is 11.9 Å². The molecule has 0 radical (unpaired) electrons. The first kappa shape index (κ1) is 14.1. The first-order valence-corrected chi connectivity index (χ1v) is 6.72. The van der Waals surface area contributed by atoms with Gasteiger partial charge in [-0.3, -0.25) is 0 Å². The highest BCUT2D eigenvalue weighted by Crippen LogP contribution is 2.13. The smallest absolute Gasteiger partial charge is 0.0451 e. The number of carboxylic acids is 1. The van der Waals surface area contributed by atoms with E-state index in [1.165, 1.54) is 0 Å². The molecule has 2 heteroatoms. The molecular weight excluding hydrogens is 248 g/mol. The fourth-order valence-electron chi connectivity index (χ4n) is 2.09. The Kier molecular flexibility index (Phi) is 5.13. The lowest BCUT2D eigenvalue weighted by Gasteiger charge is -2.16. The van der Waals surface area contributed by atoms with Gasteiger partial charge in [0.2, 0.25) is 0 Å².